The molecular weight excluding hydrogens is 311 g/mol. The van der Waals surface area contributed by atoms with Crippen LogP contribution in [0.5, 0.6) is 5.75 Å². The summed E-state index contributed by atoms with van der Waals surface area (Å²) in [6, 6.07) is 12.9. The molecule has 0 atom stereocenters. The SMILES string of the molecule is Cc1ccccc1/C=C/C(=O)NNC(=O)COc1ccc(F)cc1. The van der Waals surface area contributed by atoms with Crippen LogP contribution in [0.2, 0.25) is 0 Å². The number of amides is 2. The third-order valence-electron chi connectivity index (χ3n) is 3.11. The van der Waals surface area contributed by atoms with Gasteiger partial charge in [0.05, 0.1) is 0 Å². The Hall–Kier alpha value is -3.15. The molecule has 0 aromatic heterocycles. The van der Waals surface area contributed by atoms with E-state index in [0.29, 0.717) is 5.75 Å². The van der Waals surface area contributed by atoms with Gasteiger partial charge in [-0.3, -0.25) is 20.4 Å². The normalized spacial score (nSPS) is 10.4. The van der Waals surface area contributed by atoms with Crippen molar-refractivity contribution in [2.24, 2.45) is 0 Å². The summed E-state index contributed by atoms with van der Waals surface area (Å²) in [7, 11) is 0. The number of benzene rings is 2. The minimum Gasteiger partial charge on any atom is -0.484 e. The first-order valence-corrected chi connectivity index (χ1v) is 7.25. The molecule has 5 nitrogen and oxygen atoms in total. The monoisotopic (exact) mass is 328 g/mol. The van der Waals surface area contributed by atoms with Crippen LogP contribution >= 0.6 is 0 Å². The van der Waals surface area contributed by atoms with Crippen molar-refractivity contribution >= 4 is 17.9 Å². The van der Waals surface area contributed by atoms with Crippen LogP contribution in [0.3, 0.4) is 0 Å². The van der Waals surface area contributed by atoms with E-state index in [4.69, 9.17) is 4.74 Å². The molecule has 0 bridgehead atoms. The Balaban J connectivity index is 1.74. The third kappa shape index (κ3) is 5.57. The molecule has 0 spiro atoms. The first kappa shape index (κ1) is 17.2. The second kappa shape index (κ2) is 8.47. The Morgan fingerprint density at radius 2 is 1.79 bits per heavy atom. The first-order valence-electron chi connectivity index (χ1n) is 7.25. The maximum Gasteiger partial charge on any atom is 0.276 e. The largest absolute Gasteiger partial charge is 0.484 e. The Bertz CT molecular complexity index is 742. The zero-order valence-corrected chi connectivity index (χ0v) is 13.1. The van der Waals surface area contributed by atoms with Gasteiger partial charge in [-0.25, -0.2) is 4.39 Å². The maximum absolute atomic E-state index is 12.7. The third-order valence-corrected chi connectivity index (χ3v) is 3.11. The average molecular weight is 328 g/mol. The molecule has 0 aliphatic carbocycles. The molecule has 2 aromatic carbocycles. The van der Waals surface area contributed by atoms with Crippen molar-refractivity contribution in [1.82, 2.24) is 10.9 Å². The van der Waals surface area contributed by atoms with Crippen LogP contribution in [0.15, 0.2) is 54.6 Å². The Morgan fingerprint density at radius 1 is 1.08 bits per heavy atom. The van der Waals surface area contributed by atoms with Crippen LogP contribution in [0, 0.1) is 12.7 Å². The molecule has 24 heavy (non-hydrogen) atoms. The molecule has 2 rings (SSSR count). The molecule has 0 fully saturated rings. The lowest BCUT2D eigenvalue weighted by Crippen LogP contribution is -2.43. The van der Waals surface area contributed by atoms with Crippen LogP contribution in [0.25, 0.3) is 6.08 Å². The van der Waals surface area contributed by atoms with E-state index >= 15 is 0 Å². The van der Waals surface area contributed by atoms with E-state index in [0.717, 1.165) is 11.1 Å². The van der Waals surface area contributed by atoms with Gasteiger partial charge >= 0.3 is 0 Å². The van der Waals surface area contributed by atoms with Gasteiger partial charge in [0, 0.05) is 6.08 Å². The van der Waals surface area contributed by atoms with Gasteiger partial charge in [-0.15, -0.1) is 0 Å². The van der Waals surface area contributed by atoms with Crippen molar-refractivity contribution in [3.8, 4) is 5.75 Å². The van der Waals surface area contributed by atoms with Gasteiger partial charge in [-0.05, 0) is 48.4 Å². The van der Waals surface area contributed by atoms with Crippen molar-refractivity contribution in [3.63, 3.8) is 0 Å². The van der Waals surface area contributed by atoms with Crippen LogP contribution in [-0.2, 0) is 9.59 Å². The van der Waals surface area contributed by atoms with Gasteiger partial charge < -0.3 is 4.74 Å². The molecule has 0 unspecified atom stereocenters. The lowest BCUT2D eigenvalue weighted by molar-refractivity contribution is -0.128. The molecule has 2 aromatic rings. The number of hydrogen-bond donors (Lipinski definition) is 2. The minimum atomic E-state index is -0.531. The Morgan fingerprint density at radius 3 is 2.50 bits per heavy atom. The van der Waals surface area contributed by atoms with E-state index in [-0.39, 0.29) is 12.4 Å². The van der Waals surface area contributed by atoms with E-state index in [9.17, 15) is 14.0 Å². The number of hydrazine groups is 1. The number of carbonyl (C=O) groups excluding carboxylic acids is 2. The zero-order chi connectivity index (χ0) is 17.4. The highest BCUT2D eigenvalue weighted by atomic mass is 19.1. The van der Waals surface area contributed by atoms with Crippen LogP contribution in [0.4, 0.5) is 4.39 Å². The molecule has 0 radical (unpaired) electrons. The summed E-state index contributed by atoms with van der Waals surface area (Å²) in [5, 5.41) is 0. The summed E-state index contributed by atoms with van der Waals surface area (Å²) in [6.45, 7) is 1.64. The maximum atomic E-state index is 12.7. The Kier molecular flexibility index (Phi) is 6.08. The predicted octanol–water partition coefficient (Wildman–Crippen LogP) is 2.37. The van der Waals surface area contributed by atoms with Crippen molar-refractivity contribution in [3.05, 3.63) is 71.6 Å². The van der Waals surface area contributed by atoms with Gasteiger partial charge in [-0.2, -0.15) is 0 Å². The highest BCUT2D eigenvalue weighted by Crippen LogP contribution is 2.10. The van der Waals surface area contributed by atoms with E-state index in [1.165, 1.54) is 30.3 Å². The summed E-state index contributed by atoms with van der Waals surface area (Å²) in [5.74, 6) is -1.03. The summed E-state index contributed by atoms with van der Waals surface area (Å²) in [4.78, 5) is 23.2. The highest BCUT2D eigenvalue weighted by Gasteiger charge is 2.04. The lowest BCUT2D eigenvalue weighted by atomic mass is 10.1. The van der Waals surface area contributed by atoms with Crippen LogP contribution in [-0.4, -0.2) is 18.4 Å². The van der Waals surface area contributed by atoms with Gasteiger partial charge in [-0.1, -0.05) is 24.3 Å². The van der Waals surface area contributed by atoms with Crippen molar-refractivity contribution in [2.75, 3.05) is 6.61 Å². The average Bonchev–Trinajstić information content (AvgIpc) is 2.58. The number of carbonyl (C=O) groups is 2. The molecule has 0 saturated heterocycles. The molecule has 0 aliphatic rings. The molecule has 0 saturated carbocycles. The molecule has 6 heteroatoms. The fourth-order valence-corrected chi connectivity index (χ4v) is 1.83. The van der Waals surface area contributed by atoms with E-state index in [1.54, 1.807) is 6.08 Å². The van der Waals surface area contributed by atoms with Crippen molar-refractivity contribution in [1.29, 1.82) is 0 Å². The lowest BCUT2D eigenvalue weighted by Gasteiger charge is -2.07. The molecule has 2 N–H and O–H groups in total. The quantitative estimate of drug-likeness (QED) is 0.654. The number of nitrogens with one attached hydrogen (secondary N) is 2. The first-order chi connectivity index (χ1) is 11.5. The predicted molar refractivity (Wildman–Crippen MR) is 88.4 cm³/mol. The fourth-order valence-electron chi connectivity index (χ4n) is 1.83. The van der Waals surface area contributed by atoms with Crippen molar-refractivity contribution in [2.45, 2.75) is 6.92 Å². The van der Waals surface area contributed by atoms with Gasteiger partial charge in [0.25, 0.3) is 11.8 Å². The summed E-state index contributed by atoms with van der Waals surface area (Å²) in [5.41, 5.74) is 6.43. The molecule has 124 valence electrons. The standard InChI is InChI=1S/C18H17FN2O3/c1-13-4-2-3-5-14(13)6-11-17(22)20-21-18(23)12-24-16-9-7-15(19)8-10-16/h2-11H,12H2,1H3,(H,20,22)(H,21,23)/b11-6+. The Labute approximate surface area is 139 Å². The van der Waals surface area contributed by atoms with E-state index in [2.05, 4.69) is 10.9 Å². The summed E-state index contributed by atoms with van der Waals surface area (Å²) in [6.07, 6.45) is 2.98. The zero-order valence-electron chi connectivity index (χ0n) is 13.1. The number of ether oxygens (including phenoxy) is 1. The molecule has 2 amide bonds. The molecular formula is C18H17FN2O3. The number of hydrogen-bond acceptors (Lipinski definition) is 3. The fraction of sp³-hybridized carbons (Fsp3) is 0.111. The second-order valence-corrected chi connectivity index (χ2v) is 4.97. The number of halogens is 1. The number of rotatable bonds is 5. The smallest absolute Gasteiger partial charge is 0.276 e. The minimum absolute atomic E-state index is 0.298. The molecule has 0 heterocycles. The highest BCUT2D eigenvalue weighted by molar-refractivity contribution is 5.93. The van der Waals surface area contributed by atoms with E-state index in [1.807, 2.05) is 31.2 Å². The molecule has 0 aliphatic heterocycles. The van der Waals surface area contributed by atoms with Gasteiger partial charge in [0.2, 0.25) is 0 Å². The van der Waals surface area contributed by atoms with E-state index < -0.39 is 11.8 Å². The van der Waals surface area contributed by atoms with Crippen LogP contribution in [0.1, 0.15) is 11.1 Å². The van der Waals surface area contributed by atoms with Gasteiger partial charge in [0.15, 0.2) is 6.61 Å². The van der Waals surface area contributed by atoms with Crippen LogP contribution < -0.4 is 15.6 Å². The second-order valence-electron chi connectivity index (χ2n) is 4.97. The summed E-state index contributed by atoms with van der Waals surface area (Å²) >= 11 is 0. The number of aryl methyl sites for hydroxylation is 1. The van der Waals surface area contributed by atoms with Crippen molar-refractivity contribution < 1.29 is 18.7 Å². The topological polar surface area (TPSA) is 67.4 Å². The summed E-state index contributed by atoms with van der Waals surface area (Å²) < 4.78 is 17.9. The van der Waals surface area contributed by atoms with Gasteiger partial charge in [0.1, 0.15) is 11.6 Å².